The summed E-state index contributed by atoms with van der Waals surface area (Å²) in [5.74, 6) is 0.363. The number of ether oxygens (including phenoxy) is 1. The summed E-state index contributed by atoms with van der Waals surface area (Å²) in [4.78, 5) is 17.2. The zero-order valence-corrected chi connectivity index (χ0v) is 20.9. The predicted molar refractivity (Wildman–Crippen MR) is 135 cm³/mol. The number of rotatable bonds is 6. The Labute approximate surface area is 203 Å². The maximum absolute atomic E-state index is 12.9. The molecule has 178 valence electrons. The van der Waals surface area contributed by atoms with Gasteiger partial charge < -0.3 is 15.0 Å². The Hall–Kier alpha value is -2.24. The van der Waals surface area contributed by atoms with Crippen LogP contribution in [0.2, 0.25) is 5.02 Å². The molecule has 1 aromatic carbocycles. The van der Waals surface area contributed by atoms with E-state index in [9.17, 15) is 4.79 Å². The summed E-state index contributed by atoms with van der Waals surface area (Å²) < 4.78 is 5.94. The topological polar surface area (TPSA) is 44.8 Å². The number of nitrogens with zero attached hydrogens (tertiary/aromatic N) is 2. The molecule has 1 saturated carbocycles. The zero-order chi connectivity index (χ0) is 23.6. The van der Waals surface area contributed by atoms with Gasteiger partial charge in [-0.1, -0.05) is 49.7 Å². The third-order valence-corrected chi connectivity index (χ3v) is 7.63. The molecule has 2 fully saturated rings. The quantitative estimate of drug-likeness (QED) is 0.572. The van der Waals surface area contributed by atoms with E-state index in [0.717, 1.165) is 31.0 Å². The molecule has 1 aromatic rings. The summed E-state index contributed by atoms with van der Waals surface area (Å²) in [6.07, 6.45) is 12.3. The van der Waals surface area contributed by atoms with Gasteiger partial charge in [-0.15, -0.1) is 0 Å². The molecule has 1 unspecified atom stereocenters. The molecule has 1 aliphatic carbocycles. The van der Waals surface area contributed by atoms with Crippen LogP contribution in [0.3, 0.4) is 0 Å². The molecule has 0 bridgehead atoms. The molecule has 33 heavy (non-hydrogen) atoms. The molecular formula is C27H36ClN3O2. The normalized spacial score (nSPS) is 23.4. The van der Waals surface area contributed by atoms with E-state index in [-0.39, 0.29) is 23.8 Å². The number of piperazine rings is 1. The highest BCUT2D eigenvalue weighted by Gasteiger charge is 2.50. The van der Waals surface area contributed by atoms with E-state index < -0.39 is 0 Å². The fraction of sp³-hybridized carbons (Fsp3) is 0.519. The SMILES string of the molecule is C/C=C(/C)c1cc(Cl)ccc1[C@@H](C1C=CC=CN1)N1CCN(C(=O)OC2(C(C)C)CC2)CC1. The fourth-order valence-corrected chi connectivity index (χ4v) is 5.07. The first kappa shape index (κ1) is 23.9. The number of hydrogen-bond acceptors (Lipinski definition) is 4. The molecule has 0 aromatic heterocycles. The standard InChI is InChI=1S/C27H36ClN3O2/c1-5-20(4)23-18-21(28)9-10-22(23)25(24-8-6-7-13-29-24)30-14-16-31(17-15-30)26(32)33-27(11-12-27)19(2)3/h5-10,13,18-19,24-25,29H,11-12,14-17H2,1-4H3/b20-5-/t24?,25-/m0/s1. The van der Waals surface area contributed by atoms with Crippen LogP contribution in [0.5, 0.6) is 0 Å². The van der Waals surface area contributed by atoms with E-state index in [1.54, 1.807) is 0 Å². The van der Waals surface area contributed by atoms with Crippen LogP contribution in [0.15, 0.2) is 48.7 Å². The second kappa shape index (κ2) is 9.94. The number of halogens is 1. The van der Waals surface area contributed by atoms with Crippen LogP contribution in [-0.4, -0.2) is 53.7 Å². The Kier molecular flexibility index (Phi) is 7.20. The Morgan fingerprint density at radius 3 is 2.52 bits per heavy atom. The van der Waals surface area contributed by atoms with Crippen molar-refractivity contribution in [3.8, 4) is 0 Å². The monoisotopic (exact) mass is 469 g/mol. The van der Waals surface area contributed by atoms with Crippen LogP contribution in [0, 0.1) is 5.92 Å². The predicted octanol–water partition coefficient (Wildman–Crippen LogP) is 5.79. The first-order chi connectivity index (χ1) is 15.8. The summed E-state index contributed by atoms with van der Waals surface area (Å²) in [6, 6.07) is 6.46. The van der Waals surface area contributed by atoms with Crippen molar-refractivity contribution in [1.82, 2.24) is 15.1 Å². The van der Waals surface area contributed by atoms with Gasteiger partial charge >= 0.3 is 6.09 Å². The molecule has 1 amide bonds. The minimum absolute atomic E-state index is 0.122. The van der Waals surface area contributed by atoms with Crippen LogP contribution in [0.25, 0.3) is 5.57 Å². The summed E-state index contributed by atoms with van der Waals surface area (Å²) in [6.45, 7) is 11.4. The van der Waals surface area contributed by atoms with E-state index in [1.165, 1.54) is 16.7 Å². The van der Waals surface area contributed by atoms with Gasteiger partial charge in [0.15, 0.2) is 0 Å². The summed E-state index contributed by atoms with van der Waals surface area (Å²) in [5.41, 5.74) is 3.40. The third-order valence-electron chi connectivity index (χ3n) is 7.40. The van der Waals surface area contributed by atoms with Crippen LogP contribution < -0.4 is 5.32 Å². The molecule has 0 spiro atoms. The van der Waals surface area contributed by atoms with Crippen molar-refractivity contribution < 1.29 is 9.53 Å². The Bertz CT molecular complexity index is 956. The van der Waals surface area contributed by atoms with Crippen molar-refractivity contribution in [2.75, 3.05) is 26.2 Å². The number of benzene rings is 1. The van der Waals surface area contributed by atoms with Gasteiger partial charge in [0.1, 0.15) is 5.60 Å². The minimum atomic E-state index is -0.234. The second-order valence-corrected chi connectivity index (χ2v) is 10.1. The van der Waals surface area contributed by atoms with Crippen molar-refractivity contribution >= 4 is 23.3 Å². The van der Waals surface area contributed by atoms with Crippen LogP contribution in [0.1, 0.15) is 57.7 Å². The van der Waals surface area contributed by atoms with Crippen LogP contribution in [0.4, 0.5) is 4.79 Å². The molecule has 6 heteroatoms. The van der Waals surface area contributed by atoms with Gasteiger partial charge in [0.2, 0.25) is 0 Å². The zero-order valence-electron chi connectivity index (χ0n) is 20.2. The number of amides is 1. The average Bonchev–Trinajstić information content (AvgIpc) is 3.61. The first-order valence-corrected chi connectivity index (χ1v) is 12.5. The number of carbonyl (C=O) groups is 1. The highest BCUT2D eigenvalue weighted by atomic mass is 35.5. The number of carbonyl (C=O) groups excluding carboxylic acids is 1. The van der Waals surface area contributed by atoms with Crippen molar-refractivity contribution in [1.29, 1.82) is 0 Å². The molecule has 1 N–H and O–H groups in total. The van der Waals surface area contributed by atoms with Gasteiger partial charge in [-0.25, -0.2) is 4.79 Å². The molecular weight excluding hydrogens is 434 g/mol. The second-order valence-electron chi connectivity index (χ2n) is 9.70. The molecule has 4 rings (SSSR count). The van der Waals surface area contributed by atoms with Crippen molar-refractivity contribution in [3.63, 3.8) is 0 Å². The van der Waals surface area contributed by atoms with Crippen molar-refractivity contribution in [3.05, 3.63) is 64.9 Å². The lowest BCUT2D eigenvalue weighted by Gasteiger charge is -2.43. The Balaban J connectivity index is 1.54. The van der Waals surface area contributed by atoms with Gasteiger partial charge in [-0.3, -0.25) is 4.90 Å². The van der Waals surface area contributed by atoms with Gasteiger partial charge in [0, 0.05) is 31.2 Å². The number of dihydropyridines is 1. The summed E-state index contributed by atoms with van der Waals surface area (Å²) >= 11 is 6.39. The third kappa shape index (κ3) is 5.15. The van der Waals surface area contributed by atoms with Gasteiger partial charge in [0.25, 0.3) is 0 Å². The van der Waals surface area contributed by atoms with Crippen molar-refractivity contribution in [2.45, 2.75) is 58.2 Å². The smallest absolute Gasteiger partial charge is 0.410 e. The fourth-order valence-electron chi connectivity index (χ4n) is 4.90. The highest BCUT2D eigenvalue weighted by Crippen LogP contribution is 2.46. The molecule has 2 heterocycles. The average molecular weight is 470 g/mol. The lowest BCUT2D eigenvalue weighted by molar-refractivity contribution is 0.0106. The largest absolute Gasteiger partial charge is 0.443 e. The maximum atomic E-state index is 12.9. The van der Waals surface area contributed by atoms with Gasteiger partial charge in [-0.05, 0) is 73.7 Å². The van der Waals surface area contributed by atoms with Gasteiger partial charge in [-0.2, -0.15) is 0 Å². The Morgan fingerprint density at radius 1 is 1.21 bits per heavy atom. The lowest BCUT2D eigenvalue weighted by Crippen LogP contribution is -2.53. The molecule has 2 atom stereocenters. The first-order valence-electron chi connectivity index (χ1n) is 12.1. The van der Waals surface area contributed by atoms with Crippen LogP contribution >= 0.6 is 11.6 Å². The van der Waals surface area contributed by atoms with E-state index in [0.29, 0.717) is 19.0 Å². The van der Waals surface area contributed by atoms with E-state index in [4.69, 9.17) is 16.3 Å². The van der Waals surface area contributed by atoms with E-state index >= 15 is 0 Å². The molecule has 5 nitrogen and oxygen atoms in total. The van der Waals surface area contributed by atoms with E-state index in [2.05, 4.69) is 68.3 Å². The van der Waals surface area contributed by atoms with E-state index in [1.807, 2.05) is 23.2 Å². The Morgan fingerprint density at radius 2 is 1.94 bits per heavy atom. The van der Waals surface area contributed by atoms with Gasteiger partial charge in [0.05, 0.1) is 12.1 Å². The maximum Gasteiger partial charge on any atom is 0.410 e. The minimum Gasteiger partial charge on any atom is -0.443 e. The highest BCUT2D eigenvalue weighted by molar-refractivity contribution is 6.30. The number of hydrogen-bond donors (Lipinski definition) is 1. The molecule has 0 radical (unpaired) electrons. The van der Waals surface area contributed by atoms with Crippen molar-refractivity contribution in [2.24, 2.45) is 5.92 Å². The lowest BCUT2D eigenvalue weighted by atomic mass is 9.89. The summed E-state index contributed by atoms with van der Waals surface area (Å²) in [7, 11) is 0. The number of nitrogens with one attached hydrogen (secondary N) is 1. The van der Waals surface area contributed by atoms with Crippen LogP contribution in [-0.2, 0) is 4.74 Å². The number of allylic oxidation sites excluding steroid dienone is 4. The molecule has 3 aliphatic rings. The summed E-state index contributed by atoms with van der Waals surface area (Å²) in [5, 5.41) is 4.28. The molecule has 1 saturated heterocycles. The molecule has 2 aliphatic heterocycles.